The molecule has 0 amide bonds. The predicted octanol–water partition coefficient (Wildman–Crippen LogP) is 1.40. The van der Waals surface area contributed by atoms with Gasteiger partial charge in [0.25, 0.3) is 0 Å². The lowest BCUT2D eigenvalue weighted by molar-refractivity contribution is -0.0929. The van der Waals surface area contributed by atoms with Crippen molar-refractivity contribution in [2.75, 3.05) is 20.8 Å². The Labute approximate surface area is 77.9 Å². The molecule has 8 heteroatoms. The van der Waals surface area contributed by atoms with Crippen molar-refractivity contribution in [1.29, 1.82) is 0 Å². The summed E-state index contributed by atoms with van der Waals surface area (Å²) in [5.41, 5.74) is 0. The minimum absolute atomic E-state index is 0.00221. The first-order valence-electron chi connectivity index (χ1n) is 3.42. The Bertz CT molecular complexity index is 213. The van der Waals surface area contributed by atoms with Gasteiger partial charge < -0.3 is 18.9 Å². The molecule has 0 aromatic heterocycles. The highest BCUT2D eigenvalue weighted by molar-refractivity contribution is 7.63. The Morgan fingerprint density at radius 2 is 1.92 bits per heavy atom. The molecule has 0 radical (unpaired) electrons. The Morgan fingerprint density at radius 3 is 2.15 bits per heavy atom. The zero-order valence-corrected chi connectivity index (χ0v) is 9.38. The van der Waals surface area contributed by atoms with Gasteiger partial charge in [-0.3, -0.25) is 9.13 Å². The van der Waals surface area contributed by atoms with Gasteiger partial charge >= 0.3 is 12.9 Å². The molecule has 0 aliphatic rings. The predicted molar refractivity (Wildman–Crippen MR) is 45.8 cm³/mol. The van der Waals surface area contributed by atoms with Gasteiger partial charge in [-0.05, 0) is 6.92 Å². The van der Waals surface area contributed by atoms with Crippen molar-refractivity contribution in [3.8, 4) is 0 Å². The summed E-state index contributed by atoms with van der Waals surface area (Å²) in [6.07, 6.45) is 0. The molecule has 0 aliphatic heterocycles. The summed E-state index contributed by atoms with van der Waals surface area (Å²) in [5.74, 6) is 0. The fourth-order valence-electron chi connectivity index (χ4n) is 0.697. The van der Waals surface area contributed by atoms with E-state index in [4.69, 9.17) is 0 Å². The Morgan fingerprint density at radius 1 is 1.46 bits per heavy atom. The van der Waals surface area contributed by atoms with Crippen LogP contribution in [-0.4, -0.2) is 31.0 Å². The first-order chi connectivity index (χ1) is 5.99. The van der Waals surface area contributed by atoms with Gasteiger partial charge in [-0.25, -0.2) is 0 Å². The van der Waals surface area contributed by atoms with E-state index in [-0.39, 0.29) is 6.61 Å². The van der Waals surface area contributed by atoms with Gasteiger partial charge in [0, 0.05) is 14.2 Å². The van der Waals surface area contributed by atoms with Gasteiger partial charge in [-0.15, -0.1) is 0 Å². The van der Waals surface area contributed by atoms with E-state index in [1.165, 1.54) is 6.92 Å². The van der Waals surface area contributed by atoms with Gasteiger partial charge in [-0.2, -0.15) is 0 Å². The third-order valence-electron chi connectivity index (χ3n) is 1.31. The maximum Gasteiger partial charge on any atom is 0.399 e. The van der Waals surface area contributed by atoms with E-state index in [0.717, 1.165) is 14.2 Å². The lowest BCUT2D eigenvalue weighted by Crippen LogP contribution is -2.27. The molecule has 0 aromatic rings. The van der Waals surface area contributed by atoms with Gasteiger partial charge in [0.05, 0.1) is 6.61 Å². The maximum absolute atomic E-state index is 11.4. The standard InChI is InChI=1S/C5H12O6P2/c1-4-11-13(7,8)5(9-2,10-3)12-6/h4H2,1-3H3,(H,7,8). The van der Waals surface area contributed by atoms with Crippen LogP contribution in [0.2, 0.25) is 0 Å². The molecule has 0 heterocycles. The molecule has 0 fully saturated rings. The smallest absolute Gasteiger partial charge is 0.334 e. The molecule has 0 saturated carbocycles. The van der Waals surface area contributed by atoms with Crippen LogP contribution < -0.4 is 0 Å². The average Bonchev–Trinajstić information content (AvgIpc) is 2.07. The molecule has 0 aliphatic carbocycles. The van der Waals surface area contributed by atoms with Gasteiger partial charge in [0.1, 0.15) is 0 Å². The molecular weight excluding hydrogens is 218 g/mol. The molecule has 0 saturated heterocycles. The van der Waals surface area contributed by atoms with Gasteiger partial charge in [0.2, 0.25) is 8.46 Å². The number of hydrogen-bond acceptors (Lipinski definition) is 5. The first kappa shape index (κ1) is 13.2. The van der Waals surface area contributed by atoms with E-state index in [2.05, 4.69) is 14.0 Å². The minimum atomic E-state index is -4.20. The van der Waals surface area contributed by atoms with Crippen LogP contribution in [0.5, 0.6) is 0 Å². The second kappa shape index (κ2) is 5.15. The second-order valence-electron chi connectivity index (χ2n) is 1.99. The second-order valence-corrected chi connectivity index (χ2v) is 5.00. The van der Waals surface area contributed by atoms with Crippen LogP contribution in [0.4, 0.5) is 0 Å². The Kier molecular flexibility index (Phi) is 5.22. The summed E-state index contributed by atoms with van der Waals surface area (Å²) in [7, 11) is -2.75. The summed E-state index contributed by atoms with van der Waals surface area (Å²) in [5, 5.41) is -2.12. The molecule has 1 unspecified atom stereocenters. The van der Waals surface area contributed by atoms with Crippen molar-refractivity contribution in [3.63, 3.8) is 0 Å². The Hall–Kier alpha value is 0.170. The fraction of sp³-hybridized carbons (Fsp3) is 1.00. The van der Waals surface area contributed by atoms with Crippen molar-refractivity contribution < 1.29 is 28.0 Å². The molecule has 78 valence electrons. The number of methoxy groups -OCH3 is 2. The average molecular weight is 230 g/mol. The SMILES string of the molecule is CCOP(=O)(O)C(OC)(OC)P=O. The molecule has 1 atom stereocenters. The summed E-state index contributed by atoms with van der Waals surface area (Å²) < 4.78 is 35.7. The van der Waals surface area contributed by atoms with Crippen LogP contribution >= 0.6 is 16.1 Å². The van der Waals surface area contributed by atoms with E-state index >= 15 is 0 Å². The molecule has 0 aromatic carbocycles. The first-order valence-corrected chi connectivity index (χ1v) is 5.81. The molecule has 0 spiro atoms. The molecule has 0 bridgehead atoms. The van der Waals surface area contributed by atoms with Gasteiger partial charge in [-0.1, -0.05) is 0 Å². The van der Waals surface area contributed by atoms with Crippen LogP contribution in [0.1, 0.15) is 6.92 Å². The third kappa shape index (κ3) is 2.56. The highest BCUT2D eigenvalue weighted by Gasteiger charge is 2.52. The molecular formula is C5H12O6P2. The zero-order valence-electron chi connectivity index (χ0n) is 7.59. The number of rotatable bonds is 6. The van der Waals surface area contributed by atoms with Crippen LogP contribution in [0.3, 0.4) is 0 Å². The maximum atomic E-state index is 11.4. The summed E-state index contributed by atoms with van der Waals surface area (Å²) >= 11 is 0. The van der Waals surface area contributed by atoms with Crippen molar-refractivity contribution in [3.05, 3.63) is 0 Å². The van der Waals surface area contributed by atoms with E-state index in [9.17, 15) is 14.0 Å². The van der Waals surface area contributed by atoms with E-state index < -0.39 is 21.3 Å². The number of hydrogen-bond donors (Lipinski definition) is 1. The largest absolute Gasteiger partial charge is 0.399 e. The quantitative estimate of drug-likeness (QED) is 0.548. The Balaban J connectivity index is 4.91. The van der Waals surface area contributed by atoms with Crippen LogP contribution in [-0.2, 0) is 23.1 Å². The highest BCUT2D eigenvalue weighted by Crippen LogP contribution is 2.61. The van der Waals surface area contributed by atoms with Crippen LogP contribution in [0.15, 0.2) is 0 Å². The molecule has 0 rings (SSSR count). The van der Waals surface area contributed by atoms with E-state index in [0.29, 0.717) is 0 Å². The van der Waals surface area contributed by atoms with Crippen molar-refractivity contribution >= 4 is 16.1 Å². The lowest BCUT2D eigenvalue weighted by atomic mass is 10.9. The van der Waals surface area contributed by atoms with E-state index in [1.54, 1.807) is 0 Å². The van der Waals surface area contributed by atoms with Crippen molar-refractivity contribution in [2.45, 2.75) is 12.2 Å². The summed E-state index contributed by atoms with van der Waals surface area (Å²) in [6.45, 7) is 1.53. The molecule has 6 nitrogen and oxygen atoms in total. The van der Waals surface area contributed by atoms with Gasteiger partial charge in [0.15, 0.2) is 0 Å². The van der Waals surface area contributed by atoms with Crippen LogP contribution in [0.25, 0.3) is 0 Å². The van der Waals surface area contributed by atoms with Crippen LogP contribution in [0, 0.1) is 0 Å². The monoisotopic (exact) mass is 230 g/mol. The van der Waals surface area contributed by atoms with Crippen molar-refractivity contribution in [2.24, 2.45) is 0 Å². The zero-order chi connectivity index (χ0) is 10.5. The number of ether oxygens (including phenoxy) is 2. The summed E-state index contributed by atoms with van der Waals surface area (Å²) in [4.78, 5) is 9.30. The lowest BCUT2D eigenvalue weighted by Gasteiger charge is -2.26. The molecule has 13 heavy (non-hydrogen) atoms. The highest BCUT2D eigenvalue weighted by atomic mass is 31.2. The normalized spacial score (nSPS) is 17.2. The van der Waals surface area contributed by atoms with E-state index in [1.807, 2.05) is 0 Å². The van der Waals surface area contributed by atoms with Crippen molar-refractivity contribution in [1.82, 2.24) is 0 Å². The fourth-order valence-corrected chi connectivity index (χ4v) is 2.41. The summed E-state index contributed by atoms with van der Waals surface area (Å²) in [6, 6.07) is 0. The minimum Gasteiger partial charge on any atom is -0.334 e. The third-order valence-corrected chi connectivity index (χ3v) is 4.59. The topological polar surface area (TPSA) is 82.1 Å². The molecule has 1 N–H and O–H groups in total.